The van der Waals surface area contributed by atoms with Crippen LogP contribution in [0.4, 0.5) is 0 Å². The van der Waals surface area contributed by atoms with Crippen molar-refractivity contribution in [2.75, 3.05) is 7.11 Å². The van der Waals surface area contributed by atoms with E-state index in [4.69, 9.17) is 15.5 Å². The van der Waals surface area contributed by atoms with Crippen molar-refractivity contribution in [1.82, 2.24) is 4.98 Å². The first kappa shape index (κ1) is 11.6. The molecule has 0 amide bonds. The fourth-order valence-corrected chi connectivity index (χ4v) is 4.47. The summed E-state index contributed by atoms with van der Waals surface area (Å²) in [5.41, 5.74) is 7.32. The van der Waals surface area contributed by atoms with E-state index in [0.717, 1.165) is 25.7 Å². The van der Waals surface area contributed by atoms with Crippen LogP contribution in [0.3, 0.4) is 0 Å². The van der Waals surface area contributed by atoms with Crippen molar-refractivity contribution < 1.29 is 4.74 Å². The lowest BCUT2D eigenvalue weighted by Gasteiger charge is -2.24. The summed E-state index contributed by atoms with van der Waals surface area (Å²) in [4.78, 5) is 6.15. The van der Waals surface area contributed by atoms with Gasteiger partial charge < -0.3 is 10.5 Å². The van der Waals surface area contributed by atoms with Crippen LogP contribution in [-0.2, 0) is 16.8 Å². The molecule has 4 heteroatoms. The fraction of sp³-hybridized carbons (Fsp3) is 0.769. The monoisotopic (exact) mass is 252 g/mol. The molecular formula is C13H20N2OS. The van der Waals surface area contributed by atoms with Gasteiger partial charge in [0, 0.05) is 18.0 Å². The second kappa shape index (κ2) is 4.34. The highest BCUT2D eigenvalue weighted by Gasteiger charge is 2.39. The minimum absolute atomic E-state index is 0.0955. The van der Waals surface area contributed by atoms with Crippen molar-refractivity contribution in [3.63, 3.8) is 0 Å². The number of hydrogen-bond donors (Lipinski definition) is 1. The third-order valence-corrected chi connectivity index (χ3v) is 5.60. The van der Waals surface area contributed by atoms with E-state index in [9.17, 15) is 0 Å². The van der Waals surface area contributed by atoms with Crippen molar-refractivity contribution >= 4 is 11.3 Å². The molecule has 3 nitrogen and oxygen atoms in total. The lowest BCUT2D eigenvalue weighted by molar-refractivity contribution is -0.00896. The lowest BCUT2D eigenvalue weighted by atomic mass is 9.98. The van der Waals surface area contributed by atoms with Gasteiger partial charge in [0.1, 0.15) is 10.6 Å². The van der Waals surface area contributed by atoms with Crippen molar-refractivity contribution in [1.29, 1.82) is 0 Å². The normalized spacial score (nSPS) is 27.1. The van der Waals surface area contributed by atoms with Crippen LogP contribution in [0.1, 0.15) is 60.1 Å². The molecule has 1 atom stereocenters. The third kappa shape index (κ3) is 1.83. The number of hydrogen-bond acceptors (Lipinski definition) is 4. The van der Waals surface area contributed by atoms with Crippen molar-refractivity contribution in [3.8, 4) is 0 Å². The first-order valence-electron chi connectivity index (χ1n) is 6.56. The molecule has 1 aromatic rings. The number of aromatic nitrogens is 1. The number of rotatable bonds is 2. The molecule has 1 unspecified atom stereocenters. The van der Waals surface area contributed by atoms with E-state index < -0.39 is 0 Å². The van der Waals surface area contributed by atoms with Gasteiger partial charge in [-0.2, -0.15) is 0 Å². The zero-order valence-corrected chi connectivity index (χ0v) is 11.2. The Morgan fingerprint density at radius 3 is 2.76 bits per heavy atom. The molecule has 0 radical (unpaired) electrons. The van der Waals surface area contributed by atoms with Gasteiger partial charge in [0.15, 0.2) is 0 Å². The molecule has 0 aliphatic heterocycles. The van der Waals surface area contributed by atoms with Gasteiger partial charge in [-0.25, -0.2) is 4.98 Å². The number of fused-ring (bicyclic) bond motifs is 1. The standard InChI is InChI=1S/C13H20N2OS/c1-16-13(7-2-3-8-13)12-15-10-6-4-5-9(14)11(10)17-12/h9H,2-8,14H2,1H3. The summed E-state index contributed by atoms with van der Waals surface area (Å²) < 4.78 is 5.80. The second-order valence-electron chi connectivity index (χ2n) is 5.23. The van der Waals surface area contributed by atoms with Crippen LogP contribution >= 0.6 is 11.3 Å². The Morgan fingerprint density at radius 1 is 1.35 bits per heavy atom. The van der Waals surface area contributed by atoms with Gasteiger partial charge in [0.2, 0.25) is 0 Å². The maximum Gasteiger partial charge on any atom is 0.125 e. The minimum atomic E-state index is -0.0955. The predicted octanol–water partition coefficient (Wildman–Crippen LogP) is 2.89. The number of nitrogens with two attached hydrogens (primary N) is 1. The van der Waals surface area contributed by atoms with Crippen molar-refractivity contribution in [2.45, 2.75) is 56.6 Å². The van der Waals surface area contributed by atoms with Crippen LogP contribution in [0, 0.1) is 0 Å². The molecule has 0 aromatic carbocycles. The Labute approximate surface area is 106 Å². The quantitative estimate of drug-likeness (QED) is 0.880. The number of thiazole rings is 1. The van der Waals surface area contributed by atoms with Gasteiger partial charge in [0.25, 0.3) is 0 Å². The summed E-state index contributed by atoms with van der Waals surface area (Å²) in [7, 11) is 1.83. The van der Waals surface area contributed by atoms with Gasteiger partial charge in [-0.15, -0.1) is 11.3 Å². The molecule has 17 heavy (non-hydrogen) atoms. The molecule has 2 N–H and O–H groups in total. The first-order chi connectivity index (χ1) is 8.25. The van der Waals surface area contributed by atoms with Crippen LogP contribution in [0.5, 0.6) is 0 Å². The number of aryl methyl sites for hydroxylation is 1. The maximum absolute atomic E-state index is 6.17. The molecule has 0 spiro atoms. The van der Waals surface area contributed by atoms with Gasteiger partial charge >= 0.3 is 0 Å². The SMILES string of the molecule is COC1(c2nc3c(s2)C(N)CCC3)CCCC1. The molecular weight excluding hydrogens is 232 g/mol. The molecule has 1 fully saturated rings. The van der Waals surface area contributed by atoms with Crippen molar-refractivity contribution in [2.24, 2.45) is 5.73 Å². The molecule has 94 valence electrons. The number of nitrogens with zero attached hydrogens (tertiary/aromatic N) is 1. The van der Waals surface area contributed by atoms with Gasteiger partial charge in [-0.05, 0) is 32.1 Å². The minimum Gasteiger partial charge on any atom is -0.371 e. The second-order valence-corrected chi connectivity index (χ2v) is 6.26. The highest BCUT2D eigenvalue weighted by atomic mass is 32.1. The zero-order valence-electron chi connectivity index (χ0n) is 10.4. The molecule has 1 aromatic heterocycles. The largest absolute Gasteiger partial charge is 0.371 e. The average molecular weight is 252 g/mol. The molecule has 0 bridgehead atoms. The Balaban J connectivity index is 1.98. The van der Waals surface area contributed by atoms with Crippen LogP contribution in [0.25, 0.3) is 0 Å². The van der Waals surface area contributed by atoms with E-state index in [2.05, 4.69) is 0 Å². The number of methoxy groups -OCH3 is 1. The van der Waals surface area contributed by atoms with Gasteiger partial charge in [-0.1, -0.05) is 12.8 Å². The van der Waals surface area contributed by atoms with E-state index in [1.807, 2.05) is 7.11 Å². The van der Waals surface area contributed by atoms with Crippen LogP contribution < -0.4 is 5.73 Å². The maximum atomic E-state index is 6.17. The Kier molecular flexibility index (Phi) is 2.97. The number of ether oxygens (including phenoxy) is 1. The molecule has 0 saturated heterocycles. The molecule has 3 rings (SSSR count). The lowest BCUT2D eigenvalue weighted by Crippen LogP contribution is -2.24. The fourth-order valence-electron chi connectivity index (χ4n) is 3.10. The van der Waals surface area contributed by atoms with Gasteiger partial charge in [0.05, 0.1) is 5.69 Å². The van der Waals surface area contributed by atoms with Crippen LogP contribution in [0.2, 0.25) is 0 Å². The molecule has 2 aliphatic carbocycles. The summed E-state index contributed by atoms with van der Waals surface area (Å²) in [6.45, 7) is 0. The van der Waals surface area contributed by atoms with E-state index in [-0.39, 0.29) is 11.6 Å². The van der Waals surface area contributed by atoms with E-state index in [1.54, 1.807) is 11.3 Å². The Hall–Kier alpha value is -0.450. The third-order valence-electron chi connectivity index (χ3n) is 4.18. The summed E-state index contributed by atoms with van der Waals surface area (Å²) in [6.07, 6.45) is 8.12. The molecule has 1 saturated carbocycles. The van der Waals surface area contributed by atoms with Crippen molar-refractivity contribution in [3.05, 3.63) is 15.6 Å². The Bertz CT molecular complexity index is 410. The summed E-state index contributed by atoms with van der Waals surface area (Å²) in [5.74, 6) is 0. The molecule has 2 aliphatic rings. The van der Waals surface area contributed by atoms with E-state index in [0.29, 0.717) is 0 Å². The molecule has 1 heterocycles. The summed E-state index contributed by atoms with van der Waals surface area (Å²) in [5, 5.41) is 1.18. The van der Waals surface area contributed by atoms with Gasteiger partial charge in [-0.3, -0.25) is 0 Å². The summed E-state index contributed by atoms with van der Waals surface area (Å²) in [6, 6.07) is 0.209. The summed E-state index contributed by atoms with van der Waals surface area (Å²) >= 11 is 1.80. The predicted molar refractivity (Wildman–Crippen MR) is 69.1 cm³/mol. The highest BCUT2D eigenvalue weighted by molar-refractivity contribution is 7.12. The highest BCUT2D eigenvalue weighted by Crippen LogP contribution is 2.45. The van der Waals surface area contributed by atoms with Crippen LogP contribution in [-0.4, -0.2) is 12.1 Å². The topological polar surface area (TPSA) is 48.1 Å². The van der Waals surface area contributed by atoms with E-state index >= 15 is 0 Å². The van der Waals surface area contributed by atoms with Crippen LogP contribution in [0.15, 0.2) is 0 Å². The first-order valence-corrected chi connectivity index (χ1v) is 7.38. The zero-order chi connectivity index (χ0) is 11.9. The van der Waals surface area contributed by atoms with E-state index in [1.165, 1.54) is 34.8 Å². The Morgan fingerprint density at radius 2 is 2.12 bits per heavy atom. The smallest absolute Gasteiger partial charge is 0.125 e. The average Bonchev–Trinajstić information content (AvgIpc) is 2.96.